The Bertz CT molecular complexity index is 1760. The predicted molar refractivity (Wildman–Crippen MR) is 167 cm³/mol. The average molecular weight is 625 g/mol. The number of methoxy groups -OCH3 is 1. The van der Waals surface area contributed by atoms with Crippen molar-refractivity contribution in [2.75, 3.05) is 26.8 Å². The standard InChI is InChI=1S/C35H33FN4O6/c1-44-31-15-28-11-9-24(31)18-38-33(41)21-45-27-7-4-6-23(14-27)25-13-26(17-37-16-25)35(43)39-30-19-40(20-32(30)46-28)34(42)12-10-22-5-2-3-8-29(22)36/h2-9,11,13-17,30,32H,10,12,18-21H2,1H3,(H,38,41)(H,39,43)/t30-,32-/m0/s1. The molecule has 46 heavy (non-hydrogen) atoms. The molecule has 6 bridgehead atoms. The highest BCUT2D eigenvalue weighted by atomic mass is 19.1. The lowest BCUT2D eigenvalue weighted by molar-refractivity contribution is -0.130. The number of amides is 3. The molecule has 1 saturated heterocycles. The van der Waals surface area contributed by atoms with Crippen molar-refractivity contribution in [1.29, 1.82) is 0 Å². The van der Waals surface area contributed by atoms with Crippen LogP contribution in [-0.2, 0) is 22.6 Å². The van der Waals surface area contributed by atoms with E-state index < -0.39 is 12.1 Å². The molecule has 236 valence electrons. The number of hydrogen-bond donors (Lipinski definition) is 2. The summed E-state index contributed by atoms with van der Waals surface area (Å²) in [5.41, 5.74) is 2.97. The molecular formula is C35H33FN4O6. The van der Waals surface area contributed by atoms with Gasteiger partial charge in [0.15, 0.2) is 6.61 Å². The Morgan fingerprint density at radius 1 is 0.978 bits per heavy atom. The number of carbonyl (C=O) groups excluding carboxylic acids is 3. The van der Waals surface area contributed by atoms with Gasteiger partial charge < -0.3 is 29.7 Å². The molecule has 2 atom stereocenters. The summed E-state index contributed by atoms with van der Waals surface area (Å²) in [7, 11) is 1.52. The number of likely N-dealkylation sites (tertiary alicyclic amines) is 1. The number of aryl methyl sites for hydroxylation is 1. The molecule has 4 heterocycles. The van der Waals surface area contributed by atoms with E-state index in [9.17, 15) is 18.8 Å². The number of carbonyl (C=O) groups is 3. The topological polar surface area (TPSA) is 119 Å². The zero-order valence-electron chi connectivity index (χ0n) is 25.2. The summed E-state index contributed by atoms with van der Waals surface area (Å²) in [4.78, 5) is 45.4. The van der Waals surface area contributed by atoms with Crippen LogP contribution < -0.4 is 24.8 Å². The number of halogens is 1. The van der Waals surface area contributed by atoms with Crippen molar-refractivity contribution in [3.05, 3.63) is 108 Å². The monoisotopic (exact) mass is 624 g/mol. The Morgan fingerprint density at radius 3 is 2.67 bits per heavy atom. The molecule has 1 fully saturated rings. The average Bonchev–Trinajstić information content (AvgIpc) is 3.47. The summed E-state index contributed by atoms with van der Waals surface area (Å²) in [6.45, 7) is 0.440. The molecule has 7 rings (SSSR count). The van der Waals surface area contributed by atoms with Gasteiger partial charge in [-0.1, -0.05) is 30.3 Å². The van der Waals surface area contributed by atoms with Gasteiger partial charge in [0.05, 0.1) is 25.3 Å². The molecule has 10 nitrogen and oxygen atoms in total. The molecule has 4 aromatic rings. The number of hydrogen-bond acceptors (Lipinski definition) is 7. The van der Waals surface area contributed by atoms with Crippen LogP contribution in [0.25, 0.3) is 11.1 Å². The van der Waals surface area contributed by atoms with Crippen molar-refractivity contribution in [2.45, 2.75) is 31.5 Å². The van der Waals surface area contributed by atoms with Crippen LogP contribution in [0.1, 0.15) is 27.9 Å². The number of nitrogens with one attached hydrogen (secondary N) is 2. The summed E-state index contributed by atoms with van der Waals surface area (Å²) in [6, 6.07) is 20.0. The van der Waals surface area contributed by atoms with Gasteiger partial charge in [-0.3, -0.25) is 19.4 Å². The molecule has 0 radical (unpaired) electrons. The minimum Gasteiger partial charge on any atom is -0.496 e. The number of benzene rings is 3. The molecular weight excluding hydrogens is 591 g/mol. The van der Waals surface area contributed by atoms with Gasteiger partial charge >= 0.3 is 0 Å². The first kappa shape index (κ1) is 30.6. The highest BCUT2D eigenvalue weighted by Gasteiger charge is 2.38. The van der Waals surface area contributed by atoms with Gasteiger partial charge in [-0.2, -0.15) is 0 Å². The van der Waals surface area contributed by atoms with E-state index in [1.54, 1.807) is 71.8 Å². The molecule has 1 aromatic heterocycles. The fourth-order valence-corrected chi connectivity index (χ4v) is 5.59. The number of ether oxygens (including phenoxy) is 3. The Labute approximate surface area is 265 Å². The van der Waals surface area contributed by atoms with Crippen LogP contribution in [0.2, 0.25) is 0 Å². The normalized spacial score (nSPS) is 18.0. The summed E-state index contributed by atoms with van der Waals surface area (Å²) < 4.78 is 31.9. The maximum atomic E-state index is 14.2. The molecule has 11 heteroatoms. The lowest BCUT2D eigenvalue weighted by Gasteiger charge is -2.22. The van der Waals surface area contributed by atoms with E-state index in [0.29, 0.717) is 33.9 Å². The van der Waals surface area contributed by atoms with Gasteiger partial charge in [0.2, 0.25) is 5.91 Å². The van der Waals surface area contributed by atoms with Crippen LogP contribution in [0, 0.1) is 5.82 Å². The second-order valence-electron chi connectivity index (χ2n) is 11.2. The minimum atomic E-state index is -0.591. The molecule has 3 aliphatic rings. The summed E-state index contributed by atoms with van der Waals surface area (Å²) >= 11 is 0. The smallest absolute Gasteiger partial charge is 0.258 e. The van der Waals surface area contributed by atoms with Gasteiger partial charge in [0.25, 0.3) is 11.8 Å². The van der Waals surface area contributed by atoms with E-state index >= 15 is 0 Å². The molecule has 0 unspecified atom stereocenters. The zero-order valence-corrected chi connectivity index (χ0v) is 25.2. The van der Waals surface area contributed by atoms with Crippen molar-refractivity contribution in [2.24, 2.45) is 0 Å². The Morgan fingerprint density at radius 2 is 1.83 bits per heavy atom. The molecule has 0 spiro atoms. The zero-order chi connectivity index (χ0) is 32.0. The fourth-order valence-electron chi connectivity index (χ4n) is 5.59. The van der Waals surface area contributed by atoms with E-state index in [1.165, 1.54) is 19.4 Å². The molecule has 3 amide bonds. The number of pyridine rings is 1. The Hall–Kier alpha value is -5.45. The lowest BCUT2D eigenvalue weighted by atomic mass is 10.1. The minimum absolute atomic E-state index is 0.108. The van der Waals surface area contributed by atoms with Crippen LogP contribution in [0.3, 0.4) is 0 Å². The van der Waals surface area contributed by atoms with E-state index in [0.717, 1.165) is 11.1 Å². The van der Waals surface area contributed by atoms with Crippen molar-refractivity contribution >= 4 is 17.7 Å². The molecule has 0 saturated carbocycles. The Kier molecular flexibility index (Phi) is 9.09. The van der Waals surface area contributed by atoms with Crippen molar-refractivity contribution in [3.63, 3.8) is 0 Å². The SMILES string of the molecule is COc1cc2ccc1CNC(=O)COc1cccc(c1)-c1cncc(c1)C(=O)N[C@H]1CN(C(=O)CCc3ccccc3F)C[C@@H]1O2. The second kappa shape index (κ2) is 13.7. The first-order chi connectivity index (χ1) is 22.4. The van der Waals surface area contributed by atoms with E-state index in [4.69, 9.17) is 14.2 Å². The quantitative estimate of drug-likeness (QED) is 0.353. The molecule has 2 N–H and O–H groups in total. The lowest BCUT2D eigenvalue weighted by Crippen LogP contribution is -2.45. The second-order valence-corrected chi connectivity index (χ2v) is 11.2. The van der Waals surface area contributed by atoms with E-state index in [-0.39, 0.29) is 62.6 Å². The van der Waals surface area contributed by atoms with Crippen molar-refractivity contribution in [1.82, 2.24) is 20.5 Å². The molecule has 3 aliphatic heterocycles. The van der Waals surface area contributed by atoms with Crippen molar-refractivity contribution < 1.29 is 33.0 Å². The number of aromatic nitrogens is 1. The van der Waals surface area contributed by atoms with Crippen LogP contribution in [0.15, 0.2) is 85.2 Å². The summed E-state index contributed by atoms with van der Waals surface area (Å²) in [5.74, 6) is 0.253. The van der Waals surface area contributed by atoms with E-state index in [1.807, 2.05) is 6.07 Å². The maximum Gasteiger partial charge on any atom is 0.258 e. The third-order valence-electron chi connectivity index (χ3n) is 8.06. The summed E-state index contributed by atoms with van der Waals surface area (Å²) in [6.07, 6.45) is 2.89. The largest absolute Gasteiger partial charge is 0.496 e. The number of rotatable bonds is 4. The van der Waals surface area contributed by atoms with Crippen molar-refractivity contribution in [3.8, 4) is 28.4 Å². The first-order valence-corrected chi connectivity index (χ1v) is 15.0. The van der Waals surface area contributed by atoms with Gasteiger partial charge in [0.1, 0.15) is 29.2 Å². The van der Waals surface area contributed by atoms with Gasteiger partial charge in [-0.15, -0.1) is 0 Å². The maximum absolute atomic E-state index is 14.2. The highest BCUT2D eigenvalue weighted by molar-refractivity contribution is 5.95. The van der Waals surface area contributed by atoms with Gasteiger partial charge in [-0.25, -0.2) is 4.39 Å². The van der Waals surface area contributed by atoms with Gasteiger partial charge in [0, 0.05) is 49.1 Å². The summed E-state index contributed by atoms with van der Waals surface area (Å²) in [5, 5.41) is 5.89. The van der Waals surface area contributed by atoms with Crippen LogP contribution in [0.5, 0.6) is 17.2 Å². The third kappa shape index (κ3) is 7.09. The van der Waals surface area contributed by atoms with Crippen LogP contribution in [0.4, 0.5) is 4.39 Å². The molecule has 0 aliphatic carbocycles. The number of nitrogens with zero attached hydrogens (tertiary/aromatic N) is 2. The van der Waals surface area contributed by atoms with Crippen LogP contribution in [-0.4, -0.2) is 66.6 Å². The highest BCUT2D eigenvalue weighted by Crippen LogP contribution is 2.28. The first-order valence-electron chi connectivity index (χ1n) is 15.0. The third-order valence-corrected chi connectivity index (χ3v) is 8.06. The van der Waals surface area contributed by atoms with Gasteiger partial charge in [-0.05, 0) is 53.9 Å². The van der Waals surface area contributed by atoms with E-state index in [2.05, 4.69) is 15.6 Å². The molecule has 3 aromatic carbocycles. The Balaban J connectivity index is 1.28. The predicted octanol–water partition coefficient (Wildman–Crippen LogP) is 3.93. The number of fused-ring (bicyclic) bond motifs is 7. The van der Waals surface area contributed by atoms with Crippen LogP contribution >= 0.6 is 0 Å². The fraction of sp³-hybridized carbons (Fsp3) is 0.257.